The normalized spacial score (nSPS) is 19.1. The molecule has 2 fully saturated rings. The van der Waals surface area contributed by atoms with Gasteiger partial charge in [-0.3, -0.25) is 14.4 Å². The molecule has 0 aromatic heterocycles. The van der Waals surface area contributed by atoms with Crippen LogP contribution in [0, 0.1) is 0 Å². The molecule has 0 saturated carbocycles. The van der Waals surface area contributed by atoms with Crippen LogP contribution in [0.4, 0.5) is 10.5 Å². The molecule has 2 aromatic rings. The van der Waals surface area contributed by atoms with E-state index in [1.54, 1.807) is 54.6 Å². The Labute approximate surface area is 179 Å². The standard InChI is InChI=1S/C23H23N3O5/c1-31-18-13-6-5-11-16(18)24-21(28)19(20(27)15-9-3-2-4-10-15)26-22(29)17-12-7-8-14-25(17)23(26)30/h2-6,9-11,13,17,19H,7-8,12,14H2,1H3,(H,24,28). The van der Waals surface area contributed by atoms with Crippen LogP contribution >= 0.6 is 0 Å². The Morgan fingerprint density at radius 2 is 1.74 bits per heavy atom. The van der Waals surface area contributed by atoms with Crippen molar-refractivity contribution in [3.63, 3.8) is 0 Å². The summed E-state index contributed by atoms with van der Waals surface area (Å²) >= 11 is 0. The lowest BCUT2D eigenvalue weighted by Crippen LogP contribution is -2.52. The monoisotopic (exact) mass is 421 g/mol. The number of ketones is 1. The fraction of sp³-hybridized carbons (Fsp3) is 0.304. The molecule has 2 aliphatic heterocycles. The van der Waals surface area contributed by atoms with Gasteiger partial charge in [-0.05, 0) is 31.4 Å². The fourth-order valence-electron chi connectivity index (χ4n) is 4.11. The van der Waals surface area contributed by atoms with Gasteiger partial charge in [0.05, 0.1) is 12.8 Å². The molecule has 4 rings (SSSR count). The zero-order valence-corrected chi connectivity index (χ0v) is 17.1. The average Bonchev–Trinajstić information content (AvgIpc) is 3.05. The molecule has 8 nitrogen and oxygen atoms in total. The van der Waals surface area contributed by atoms with Crippen LogP contribution in [0.15, 0.2) is 54.6 Å². The van der Waals surface area contributed by atoms with E-state index < -0.39 is 35.7 Å². The number of nitrogens with one attached hydrogen (secondary N) is 1. The number of amides is 4. The smallest absolute Gasteiger partial charge is 0.328 e. The Bertz CT molecular complexity index is 999. The third-order valence-corrected chi connectivity index (χ3v) is 5.66. The van der Waals surface area contributed by atoms with Crippen LogP contribution < -0.4 is 10.1 Å². The van der Waals surface area contributed by atoms with E-state index in [0.717, 1.165) is 17.7 Å². The molecule has 0 spiro atoms. The molecule has 1 N–H and O–H groups in total. The van der Waals surface area contributed by atoms with Crippen molar-refractivity contribution in [3.05, 3.63) is 60.2 Å². The molecule has 0 bridgehead atoms. The predicted octanol–water partition coefficient (Wildman–Crippen LogP) is 2.70. The van der Waals surface area contributed by atoms with E-state index in [-0.39, 0.29) is 5.56 Å². The van der Waals surface area contributed by atoms with E-state index in [1.165, 1.54) is 12.0 Å². The number of hydrogen-bond acceptors (Lipinski definition) is 5. The van der Waals surface area contributed by atoms with Gasteiger partial charge in [-0.1, -0.05) is 42.5 Å². The summed E-state index contributed by atoms with van der Waals surface area (Å²) in [6, 6.07) is 12.1. The average molecular weight is 421 g/mol. The summed E-state index contributed by atoms with van der Waals surface area (Å²) in [4.78, 5) is 55.2. The highest BCUT2D eigenvalue weighted by molar-refractivity contribution is 6.22. The lowest BCUT2D eigenvalue weighted by Gasteiger charge is -2.26. The van der Waals surface area contributed by atoms with Crippen LogP contribution in [0.25, 0.3) is 0 Å². The Morgan fingerprint density at radius 3 is 2.45 bits per heavy atom. The van der Waals surface area contributed by atoms with Gasteiger partial charge in [0.15, 0.2) is 11.8 Å². The van der Waals surface area contributed by atoms with E-state index in [1.807, 2.05) is 0 Å². The van der Waals surface area contributed by atoms with Gasteiger partial charge in [0.2, 0.25) is 0 Å². The van der Waals surface area contributed by atoms with E-state index in [9.17, 15) is 19.2 Å². The number of Topliss-reactive ketones (excluding diaryl/α,β-unsaturated/α-hetero) is 1. The molecule has 31 heavy (non-hydrogen) atoms. The van der Waals surface area contributed by atoms with Crippen molar-refractivity contribution in [2.24, 2.45) is 0 Å². The summed E-state index contributed by atoms with van der Waals surface area (Å²) in [5.41, 5.74) is 0.589. The zero-order valence-electron chi connectivity index (χ0n) is 17.1. The number of carbonyl (C=O) groups is 4. The summed E-state index contributed by atoms with van der Waals surface area (Å²) in [6.45, 7) is 0.437. The highest BCUT2D eigenvalue weighted by atomic mass is 16.5. The number of benzene rings is 2. The zero-order chi connectivity index (χ0) is 22.0. The SMILES string of the molecule is COc1ccccc1NC(=O)C(C(=O)c1ccccc1)N1C(=O)C2CCCCN2C1=O. The highest BCUT2D eigenvalue weighted by Gasteiger charge is 2.52. The van der Waals surface area contributed by atoms with Crippen LogP contribution in [-0.2, 0) is 9.59 Å². The highest BCUT2D eigenvalue weighted by Crippen LogP contribution is 2.30. The molecule has 0 radical (unpaired) electrons. The maximum Gasteiger partial charge on any atom is 0.328 e. The van der Waals surface area contributed by atoms with Crippen LogP contribution in [-0.4, -0.2) is 59.2 Å². The Kier molecular flexibility index (Phi) is 5.70. The Balaban J connectivity index is 1.71. The molecule has 2 heterocycles. The maximum absolute atomic E-state index is 13.4. The van der Waals surface area contributed by atoms with Crippen LogP contribution in [0.3, 0.4) is 0 Å². The number of para-hydroxylation sites is 2. The number of ether oxygens (including phenoxy) is 1. The van der Waals surface area contributed by atoms with Crippen molar-refractivity contribution in [2.75, 3.05) is 19.0 Å². The maximum atomic E-state index is 13.4. The van der Waals surface area contributed by atoms with Crippen molar-refractivity contribution in [1.82, 2.24) is 9.80 Å². The van der Waals surface area contributed by atoms with E-state index in [4.69, 9.17) is 4.74 Å². The summed E-state index contributed by atoms with van der Waals surface area (Å²) in [7, 11) is 1.46. The van der Waals surface area contributed by atoms with E-state index in [2.05, 4.69) is 5.32 Å². The van der Waals surface area contributed by atoms with Gasteiger partial charge in [-0.25, -0.2) is 9.69 Å². The quantitative estimate of drug-likeness (QED) is 0.440. The largest absolute Gasteiger partial charge is 0.495 e. The molecule has 2 saturated heterocycles. The molecule has 8 heteroatoms. The van der Waals surface area contributed by atoms with Crippen molar-refractivity contribution >= 4 is 29.3 Å². The minimum atomic E-state index is -1.61. The van der Waals surface area contributed by atoms with Gasteiger partial charge >= 0.3 is 6.03 Å². The number of methoxy groups -OCH3 is 1. The second-order valence-electron chi connectivity index (χ2n) is 7.52. The number of carbonyl (C=O) groups excluding carboxylic acids is 4. The second-order valence-corrected chi connectivity index (χ2v) is 7.52. The van der Waals surface area contributed by atoms with Crippen LogP contribution in [0.5, 0.6) is 5.75 Å². The van der Waals surface area contributed by atoms with Gasteiger partial charge in [-0.2, -0.15) is 0 Å². The molecule has 2 aliphatic rings. The van der Waals surface area contributed by atoms with Crippen LogP contribution in [0.2, 0.25) is 0 Å². The number of piperidine rings is 1. The minimum absolute atomic E-state index is 0.244. The molecule has 0 aliphatic carbocycles. The van der Waals surface area contributed by atoms with Crippen molar-refractivity contribution in [2.45, 2.75) is 31.3 Å². The predicted molar refractivity (Wildman–Crippen MR) is 113 cm³/mol. The minimum Gasteiger partial charge on any atom is -0.495 e. The van der Waals surface area contributed by atoms with Crippen molar-refractivity contribution < 1.29 is 23.9 Å². The first-order valence-corrected chi connectivity index (χ1v) is 10.2. The van der Waals surface area contributed by atoms with Gasteiger partial charge in [-0.15, -0.1) is 0 Å². The van der Waals surface area contributed by atoms with Gasteiger partial charge in [0, 0.05) is 12.1 Å². The summed E-state index contributed by atoms with van der Waals surface area (Å²) in [5, 5.41) is 2.66. The third kappa shape index (κ3) is 3.76. The first-order valence-electron chi connectivity index (χ1n) is 10.2. The van der Waals surface area contributed by atoms with Crippen molar-refractivity contribution in [3.8, 4) is 5.75 Å². The van der Waals surface area contributed by atoms with Gasteiger partial charge in [0.25, 0.3) is 11.8 Å². The summed E-state index contributed by atoms with van der Waals surface area (Å²) in [5.74, 6) is -1.48. The number of nitrogens with zero attached hydrogens (tertiary/aromatic N) is 2. The molecule has 2 atom stereocenters. The lowest BCUT2D eigenvalue weighted by molar-refractivity contribution is -0.133. The van der Waals surface area contributed by atoms with Gasteiger partial charge in [0.1, 0.15) is 11.8 Å². The topological polar surface area (TPSA) is 96.0 Å². The second kappa shape index (κ2) is 8.59. The number of imide groups is 1. The van der Waals surface area contributed by atoms with Crippen molar-refractivity contribution in [1.29, 1.82) is 0 Å². The molecular formula is C23H23N3O5. The number of rotatable bonds is 6. The fourth-order valence-corrected chi connectivity index (χ4v) is 4.11. The number of urea groups is 1. The third-order valence-electron chi connectivity index (χ3n) is 5.66. The summed E-state index contributed by atoms with van der Waals surface area (Å²) < 4.78 is 5.26. The van der Waals surface area contributed by atoms with E-state index >= 15 is 0 Å². The molecule has 2 unspecified atom stereocenters. The molecule has 160 valence electrons. The first kappa shape index (κ1) is 20.6. The van der Waals surface area contributed by atoms with Gasteiger partial charge < -0.3 is 15.0 Å². The molecule has 4 amide bonds. The number of fused-ring (bicyclic) bond motifs is 1. The summed E-state index contributed by atoms with van der Waals surface area (Å²) in [6.07, 6.45) is 2.13. The molecular weight excluding hydrogens is 398 g/mol. The number of hydrogen-bond donors (Lipinski definition) is 1. The number of anilines is 1. The van der Waals surface area contributed by atoms with Crippen LogP contribution in [0.1, 0.15) is 29.6 Å². The lowest BCUT2D eigenvalue weighted by atomic mass is 10.0. The molecule has 2 aromatic carbocycles. The van der Waals surface area contributed by atoms with E-state index in [0.29, 0.717) is 24.4 Å². The Morgan fingerprint density at radius 1 is 1.03 bits per heavy atom. The Hall–Kier alpha value is -3.68. The first-order chi connectivity index (χ1) is 15.0.